The van der Waals surface area contributed by atoms with Gasteiger partial charge in [0.2, 0.25) is 0 Å². The van der Waals surface area contributed by atoms with Gasteiger partial charge in [-0.15, -0.1) is 12.4 Å². The Bertz CT molecular complexity index is 390. The van der Waals surface area contributed by atoms with E-state index in [1.54, 1.807) is 0 Å². The average Bonchev–Trinajstić information content (AvgIpc) is 2.39. The summed E-state index contributed by atoms with van der Waals surface area (Å²) in [4.78, 5) is 2.57. The molecule has 0 amide bonds. The number of rotatable bonds is 5. The van der Waals surface area contributed by atoms with Gasteiger partial charge in [0.1, 0.15) is 0 Å². The summed E-state index contributed by atoms with van der Waals surface area (Å²) in [6.07, 6.45) is 2.61. The van der Waals surface area contributed by atoms with E-state index < -0.39 is 0 Å². The number of nitrogens with one attached hydrogen (secondary N) is 1. The number of piperidine rings is 1. The van der Waals surface area contributed by atoms with Gasteiger partial charge < -0.3 is 5.32 Å². The van der Waals surface area contributed by atoms with Crippen molar-refractivity contribution in [1.82, 2.24) is 10.2 Å². The summed E-state index contributed by atoms with van der Waals surface area (Å²) in [6.45, 7) is 9.12. The minimum Gasteiger partial charge on any atom is -0.317 e. The second-order valence-electron chi connectivity index (χ2n) is 5.85. The van der Waals surface area contributed by atoms with Crippen molar-refractivity contribution < 1.29 is 0 Å². The molecule has 0 aliphatic carbocycles. The zero-order valence-electron chi connectivity index (χ0n) is 12.4. The highest BCUT2D eigenvalue weighted by Crippen LogP contribution is 2.18. The SMILES string of the molecule is CC(C)N(Cc1cccc(Cl)c1)CC1CCNCC1.Cl. The molecule has 2 rings (SSSR count). The molecule has 0 saturated carbocycles. The third kappa shape index (κ3) is 5.61. The smallest absolute Gasteiger partial charge is 0.0409 e. The summed E-state index contributed by atoms with van der Waals surface area (Å²) in [5.74, 6) is 0.836. The van der Waals surface area contributed by atoms with Crippen molar-refractivity contribution in [2.75, 3.05) is 19.6 Å². The quantitative estimate of drug-likeness (QED) is 0.884. The molecule has 1 N–H and O–H groups in total. The lowest BCUT2D eigenvalue weighted by atomic mass is 9.97. The number of hydrogen-bond donors (Lipinski definition) is 1. The van der Waals surface area contributed by atoms with Crippen LogP contribution in [0.25, 0.3) is 0 Å². The molecule has 1 aliphatic rings. The van der Waals surface area contributed by atoms with E-state index in [4.69, 9.17) is 11.6 Å². The van der Waals surface area contributed by atoms with Crippen LogP contribution in [0.4, 0.5) is 0 Å². The summed E-state index contributed by atoms with van der Waals surface area (Å²) >= 11 is 6.07. The number of benzene rings is 1. The van der Waals surface area contributed by atoms with Gasteiger partial charge in [-0.1, -0.05) is 23.7 Å². The van der Waals surface area contributed by atoms with E-state index in [9.17, 15) is 0 Å². The Balaban J connectivity index is 0.00000200. The molecule has 1 aromatic rings. The van der Waals surface area contributed by atoms with E-state index >= 15 is 0 Å². The Hall–Kier alpha value is -0.280. The fraction of sp³-hybridized carbons (Fsp3) is 0.625. The lowest BCUT2D eigenvalue weighted by Gasteiger charge is -2.32. The summed E-state index contributed by atoms with van der Waals surface area (Å²) in [5.41, 5.74) is 1.31. The van der Waals surface area contributed by atoms with Crippen molar-refractivity contribution in [2.24, 2.45) is 5.92 Å². The molecule has 4 heteroatoms. The predicted octanol–water partition coefficient (Wildman–Crippen LogP) is 3.97. The van der Waals surface area contributed by atoms with Crippen LogP contribution in [0.2, 0.25) is 5.02 Å². The Morgan fingerprint density at radius 2 is 2.00 bits per heavy atom. The lowest BCUT2D eigenvalue weighted by molar-refractivity contribution is 0.162. The Morgan fingerprint density at radius 1 is 1.30 bits per heavy atom. The van der Waals surface area contributed by atoms with Crippen LogP contribution < -0.4 is 5.32 Å². The third-order valence-electron chi connectivity index (χ3n) is 3.96. The summed E-state index contributed by atoms with van der Waals surface area (Å²) in [5, 5.41) is 4.27. The maximum atomic E-state index is 6.07. The molecule has 0 unspecified atom stereocenters. The molecule has 0 aromatic heterocycles. The molecule has 20 heavy (non-hydrogen) atoms. The molecule has 1 saturated heterocycles. The van der Waals surface area contributed by atoms with Gasteiger partial charge in [0.15, 0.2) is 0 Å². The minimum absolute atomic E-state index is 0. The van der Waals surface area contributed by atoms with E-state index in [2.05, 4.69) is 36.2 Å². The summed E-state index contributed by atoms with van der Waals surface area (Å²) in [7, 11) is 0. The van der Waals surface area contributed by atoms with Crippen LogP contribution in [-0.4, -0.2) is 30.6 Å². The maximum absolute atomic E-state index is 6.07. The summed E-state index contributed by atoms with van der Waals surface area (Å²) in [6, 6.07) is 8.82. The maximum Gasteiger partial charge on any atom is 0.0409 e. The Kier molecular flexibility index (Phi) is 7.90. The van der Waals surface area contributed by atoms with Gasteiger partial charge in [0, 0.05) is 24.2 Å². The molecule has 114 valence electrons. The molecule has 1 heterocycles. The van der Waals surface area contributed by atoms with E-state index in [1.165, 1.54) is 38.0 Å². The van der Waals surface area contributed by atoms with Crippen LogP contribution in [0, 0.1) is 5.92 Å². The molecule has 0 radical (unpaired) electrons. The number of halogens is 2. The first kappa shape index (κ1) is 17.8. The first-order valence-corrected chi connectivity index (χ1v) is 7.72. The van der Waals surface area contributed by atoms with Crippen LogP contribution in [0.5, 0.6) is 0 Å². The Labute approximate surface area is 134 Å². The van der Waals surface area contributed by atoms with Crippen molar-refractivity contribution in [3.05, 3.63) is 34.9 Å². The molecule has 0 atom stereocenters. The standard InChI is InChI=1S/C16H25ClN2.ClH/c1-13(2)19(11-14-6-8-18-9-7-14)12-15-4-3-5-16(17)10-15;/h3-5,10,13-14,18H,6-9,11-12H2,1-2H3;1H. The number of nitrogens with zero attached hydrogens (tertiary/aromatic N) is 1. The molecule has 1 aromatic carbocycles. The van der Waals surface area contributed by atoms with Gasteiger partial charge in [-0.25, -0.2) is 0 Å². The van der Waals surface area contributed by atoms with Gasteiger partial charge in [0.05, 0.1) is 0 Å². The van der Waals surface area contributed by atoms with E-state index in [-0.39, 0.29) is 12.4 Å². The van der Waals surface area contributed by atoms with E-state index in [1.807, 2.05) is 12.1 Å². The largest absolute Gasteiger partial charge is 0.317 e. The fourth-order valence-corrected chi connectivity index (χ4v) is 2.94. The Morgan fingerprint density at radius 3 is 2.60 bits per heavy atom. The highest BCUT2D eigenvalue weighted by Gasteiger charge is 2.19. The van der Waals surface area contributed by atoms with Crippen molar-refractivity contribution in [1.29, 1.82) is 0 Å². The highest BCUT2D eigenvalue weighted by atomic mass is 35.5. The normalized spacial score (nSPS) is 16.4. The molecule has 0 bridgehead atoms. The van der Waals surface area contributed by atoms with Crippen LogP contribution in [0.15, 0.2) is 24.3 Å². The number of hydrogen-bond acceptors (Lipinski definition) is 2. The average molecular weight is 317 g/mol. The molecule has 2 nitrogen and oxygen atoms in total. The van der Waals surface area contributed by atoms with E-state index in [0.29, 0.717) is 6.04 Å². The molecule has 1 aliphatic heterocycles. The topological polar surface area (TPSA) is 15.3 Å². The predicted molar refractivity (Wildman–Crippen MR) is 89.8 cm³/mol. The summed E-state index contributed by atoms with van der Waals surface area (Å²) < 4.78 is 0. The molecular weight excluding hydrogens is 291 g/mol. The monoisotopic (exact) mass is 316 g/mol. The first-order chi connectivity index (χ1) is 9.15. The molecular formula is C16H26Cl2N2. The third-order valence-corrected chi connectivity index (χ3v) is 4.19. The van der Waals surface area contributed by atoms with Crippen molar-refractivity contribution in [3.63, 3.8) is 0 Å². The van der Waals surface area contributed by atoms with Crippen molar-refractivity contribution >= 4 is 24.0 Å². The van der Waals surface area contributed by atoms with Crippen molar-refractivity contribution in [3.8, 4) is 0 Å². The fourth-order valence-electron chi connectivity index (χ4n) is 2.72. The zero-order chi connectivity index (χ0) is 13.7. The van der Waals surface area contributed by atoms with Gasteiger partial charge in [0.25, 0.3) is 0 Å². The lowest BCUT2D eigenvalue weighted by Crippen LogP contribution is -2.39. The molecule has 1 fully saturated rings. The highest BCUT2D eigenvalue weighted by molar-refractivity contribution is 6.30. The second kappa shape index (κ2) is 8.89. The van der Waals surface area contributed by atoms with Crippen LogP contribution in [0.1, 0.15) is 32.3 Å². The van der Waals surface area contributed by atoms with Crippen molar-refractivity contribution in [2.45, 2.75) is 39.3 Å². The van der Waals surface area contributed by atoms with Crippen LogP contribution in [0.3, 0.4) is 0 Å². The first-order valence-electron chi connectivity index (χ1n) is 7.34. The van der Waals surface area contributed by atoms with E-state index in [0.717, 1.165) is 17.5 Å². The van der Waals surface area contributed by atoms with Crippen LogP contribution in [-0.2, 0) is 6.54 Å². The van der Waals surface area contributed by atoms with Crippen LogP contribution >= 0.6 is 24.0 Å². The molecule has 0 spiro atoms. The minimum atomic E-state index is 0. The van der Waals surface area contributed by atoms with Gasteiger partial charge in [-0.3, -0.25) is 4.90 Å². The van der Waals surface area contributed by atoms with Gasteiger partial charge >= 0.3 is 0 Å². The van der Waals surface area contributed by atoms with Gasteiger partial charge in [-0.05, 0) is 63.4 Å². The zero-order valence-corrected chi connectivity index (χ0v) is 14.0. The van der Waals surface area contributed by atoms with Gasteiger partial charge in [-0.2, -0.15) is 0 Å². The second-order valence-corrected chi connectivity index (χ2v) is 6.28.